The van der Waals surface area contributed by atoms with Crippen LogP contribution in [0.15, 0.2) is 71.6 Å². The number of para-hydroxylation sites is 1. The van der Waals surface area contributed by atoms with Crippen molar-refractivity contribution in [2.45, 2.75) is 17.9 Å². The summed E-state index contributed by atoms with van der Waals surface area (Å²) in [6, 6.07) is 23.7. The van der Waals surface area contributed by atoms with Gasteiger partial charge in [-0.25, -0.2) is 5.10 Å². The average Bonchev–Trinajstić information content (AvgIpc) is 3.36. The average molecular weight is 385 g/mol. The van der Waals surface area contributed by atoms with Gasteiger partial charge >= 0.3 is 0 Å². The third-order valence-corrected chi connectivity index (χ3v) is 5.97. The molecule has 0 aliphatic rings. The maximum atomic E-state index is 4.07. The van der Waals surface area contributed by atoms with Gasteiger partial charge in [-0.15, -0.1) is 16.9 Å². The van der Waals surface area contributed by atoms with E-state index in [1.165, 1.54) is 37.8 Å². The van der Waals surface area contributed by atoms with Gasteiger partial charge in [-0.1, -0.05) is 60.7 Å². The zero-order valence-electron chi connectivity index (χ0n) is 15.5. The fourth-order valence-electron chi connectivity index (χ4n) is 3.89. The fraction of sp³-hybridized carbons (Fsp3) is 0.136. The lowest BCUT2D eigenvalue weighted by molar-refractivity contribution is 0.858. The first-order valence-electron chi connectivity index (χ1n) is 9.18. The largest absolute Gasteiger partial charge is 0.335 e. The zero-order chi connectivity index (χ0) is 18.9. The molecule has 0 unspecified atom stereocenters. The van der Waals surface area contributed by atoms with E-state index >= 15 is 0 Å². The van der Waals surface area contributed by atoms with Gasteiger partial charge < -0.3 is 4.57 Å². The number of rotatable bonds is 5. The molecular formula is C22H19N5S. The molecule has 6 heteroatoms. The molecule has 0 saturated heterocycles. The second kappa shape index (κ2) is 7.13. The van der Waals surface area contributed by atoms with Crippen molar-refractivity contribution in [1.82, 2.24) is 25.2 Å². The molecule has 1 N–H and O–H groups in total. The van der Waals surface area contributed by atoms with Crippen molar-refractivity contribution in [3.05, 3.63) is 83.7 Å². The number of H-pyrrole nitrogens is 1. The fourth-order valence-corrected chi connectivity index (χ4v) is 4.70. The van der Waals surface area contributed by atoms with E-state index in [2.05, 4.69) is 98.2 Å². The van der Waals surface area contributed by atoms with Crippen LogP contribution >= 0.6 is 11.8 Å². The van der Waals surface area contributed by atoms with Crippen LogP contribution in [0.25, 0.3) is 21.8 Å². The molecule has 2 aromatic heterocycles. The highest BCUT2D eigenvalue weighted by molar-refractivity contribution is 7.98. The summed E-state index contributed by atoms with van der Waals surface area (Å²) >= 11 is 1.78. The van der Waals surface area contributed by atoms with Gasteiger partial charge in [0.1, 0.15) is 0 Å². The maximum absolute atomic E-state index is 4.07. The first-order chi connectivity index (χ1) is 13.8. The highest BCUT2D eigenvalue weighted by atomic mass is 32.2. The molecule has 0 aliphatic carbocycles. The summed E-state index contributed by atoms with van der Waals surface area (Å²) in [7, 11) is 0. The number of nitrogens with zero attached hydrogens (tertiary/aromatic N) is 4. The standard InChI is InChI=1S/C22H19N5S/c1-28-22-16(13-20-23-25-26-24-20)11-12-18-17-9-5-6-10-19(17)27(21(18)22)14-15-7-3-2-4-8-15/h2-12H,13-14H2,1H3,(H,23,24,25,26). The van der Waals surface area contributed by atoms with Gasteiger partial charge in [-0.2, -0.15) is 0 Å². The molecule has 5 aromatic rings. The van der Waals surface area contributed by atoms with Crippen LogP contribution in [0.1, 0.15) is 17.0 Å². The van der Waals surface area contributed by atoms with Crippen molar-refractivity contribution >= 4 is 33.6 Å². The van der Waals surface area contributed by atoms with E-state index in [-0.39, 0.29) is 0 Å². The Morgan fingerprint density at radius 2 is 1.75 bits per heavy atom. The minimum Gasteiger partial charge on any atom is -0.335 e. The maximum Gasteiger partial charge on any atom is 0.152 e. The molecule has 2 heterocycles. The Morgan fingerprint density at radius 3 is 2.54 bits per heavy atom. The van der Waals surface area contributed by atoms with Crippen LogP contribution in [0.5, 0.6) is 0 Å². The summed E-state index contributed by atoms with van der Waals surface area (Å²) in [6.07, 6.45) is 2.83. The lowest BCUT2D eigenvalue weighted by Gasteiger charge is -2.13. The molecule has 0 fully saturated rings. The van der Waals surface area contributed by atoms with Crippen molar-refractivity contribution in [2.24, 2.45) is 0 Å². The van der Waals surface area contributed by atoms with E-state index in [0.717, 1.165) is 12.4 Å². The van der Waals surface area contributed by atoms with Crippen LogP contribution in [0.3, 0.4) is 0 Å². The second-order valence-electron chi connectivity index (χ2n) is 6.77. The van der Waals surface area contributed by atoms with Crippen molar-refractivity contribution in [3.63, 3.8) is 0 Å². The summed E-state index contributed by atoms with van der Waals surface area (Å²) in [6.45, 7) is 0.839. The van der Waals surface area contributed by atoms with Gasteiger partial charge in [-0.3, -0.25) is 0 Å². The van der Waals surface area contributed by atoms with Gasteiger partial charge in [-0.05, 0) is 33.9 Å². The van der Waals surface area contributed by atoms with E-state index in [1.54, 1.807) is 11.8 Å². The van der Waals surface area contributed by atoms with E-state index in [1.807, 2.05) is 0 Å². The molecule has 138 valence electrons. The number of benzene rings is 3. The lowest BCUT2D eigenvalue weighted by atomic mass is 10.1. The molecule has 3 aromatic carbocycles. The van der Waals surface area contributed by atoms with Crippen molar-refractivity contribution in [1.29, 1.82) is 0 Å². The Morgan fingerprint density at radius 1 is 0.929 bits per heavy atom. The second-order valence-corrected chi connectivity index (χ2v) is 7.58. The van der Waals surface area contributed by atoms with E-state index < -0.39 is 0 Å². The summed E-state index contributed by atoms with van der Waals surface area (Å²) in [5, 5.41) is 16.9. The minimum atomic E-state index is 0.686. The Labute approximate surface area is 166 Å². The topological polar surface area (TPSA) is 59.4 Å². The first kappa shape index (κ1) is 17.0. The van der Waals surface area contributed by atoms with E-state index in [0.29, 0.717) is 6.42 Å². The number of nitrogens with one attached hydrogen (secondary N) is 1. The lowest BCUT2D eigenvalue weighted by Crippen LogP contribution is -2.02. The molecular weight excluding hydrogens is 366 g/mol. The molecule has 0 bridgehead atoms. The molecule has 5 rings (SSSR count). The van der Waals surface area contributed by atoms with Gasteiger partial charge in [0.05, 0.1) is 5.52 Å². The number of aromatic nitrogens is 5. The smallest absolute Gasteiger partial charge is 0.152 e. The van der Waals surface area contributed by atoms with Crippen molar-refractivity contribution in [2.75, 3.05) is 6.26 Å². The van der Waals surface area contributed by atoms with Gasteiger partial charge in [0, 0.05) is 34.2 Å². The number of hydrogen-bond acceptors (Lipinski definition) is 4. The highest BCUT2D eigenvalue weighted by Gasteiger charge is 2.17. The Hall–Kier alpha value is -3.12. The van der Waals surface area contributed by atoms with Crippen molar-refractivity contribution < 1.29 is 0 Å². The number of tetrazole rings is 1. The van der Waals surface area contributed by atoms with Crippen LogP contribution in [-0.2, 0) is 13.0 Å². The van der Waals surface area contributed by atoms with Crippen LogP contribution in [0, 0.1) is 0 Å². The van der Waals surface area contributed by atoms with Crippen LogP contribution in [0.4, 0.5) is 0 Å². The summed E-state index contributed by atoms with van der Waals surface area (Å²) in [5.74, 6) is 0.778. The Balaban J connectivity index is 1.76. The highest BCUT2D eigenvalue weighted by Crippen LogP contribution is 2.38. The molecule has 0 amide bonds. The van der Waals surface area contributed by atoms with Crippen LogP contribution < -0.4 is 0 Å². The molecule has 0 saturated carbocycles. The third-order valence-electron chi connectivity index (χ3n) is 5.10. The Kier molecular flexibility index (Phi) is 4.33. The normalized spacial score (nSPS) is 11.5. The van der Waals surface area contributed by atoms with Crippen molar-refractivity contribution in [3.8, 4) is 0 Å². The monoisotopic (exact) mass is 385 g/mol. The van der Waals surface area contributed by atoms with E-state index in [4.69, 9.17) is 0 Å². The van der Waals surface area contributed by atoms with Gasteiger partial charge in [0.15, 0.2) is 5.82 Å². The molecule has 0 radical (unpaired) electrons. The van der Waals surface area contributed by atoms with Gasteiger partial charge in [0.2, 0.25) is 0 Å². The zero-order valence-corrected chi connectivity index (χ0v) is 16.3. The van der Waals surface area contributed by atoms with Crippen LogP contribution in [-0.4, -0.2) is 31.4 Å². The number of fused-ring (bicyclic) bond motifs is 3. The predicted octanol–water partition coefficient (Wildman–Crippen LogP) is 4.67. The summed E-state index contributed by atoms with van der Waals surface area (Å²) in [5.41, 5.74) is 5.07. The molecule has 0 atom stereocenters. The predicted molar refractivity (Wildman–Crippen MR) is 114 cm³/mol. The summed E-state index contributed by atoms with van der Waals surface area (Å²) < 4.78 is 2.44. The van der Waals surface area contributed by atoms with Gasteiger partial charge in [0.25, 0.3) is 0 Å². The minimum absolute atomic E-state index is 0.686. The molecule has 0 aliphatic heterocycles. The number of aromatic amines is 1. The number of thioether (sulfide) groups is 1. The molecule has 5 nitrogen and oxygen atoms in total. The summed E-state index contributed by atoms with van der Waals surface area (Å²) in [4.78, 5) is 1.28. The number of hydrogen-bond donors (Lipinski definition) is 1. The first-order valence-corrected chi connectivity index (χ1v) is 10.4. The molecule has 28 heavy (non-hydrogen) atoms. The quantitative estimate of drug-likeness (QED) is 0.447. The molecule has 0 spiro atoms. The van der Waals surface area contributed by atoms with Crippen LogP contribution in [0.2, 0.25) is 0 Å². The third kappa shape index (κ3) is 2.86. The van der Waals surface area contributed by atoms with E-state index in [9.17, 15) is 0 Å². The Bertz CT molecular complexity index is 1240. The SMILES string of the molecule is CSc1c(Cc2nnn[nH]2)ccc2c3ccccc3n(Cc3ccccc3)c12.